The number of benzene rings is 2. The van der Waals surface area contributed by atoms with Crippen molar-refractivity contribution in [1.82, 2.24) is 9.80 Å². The lowest BCUT2D eigenvalue weighted by Gasteiger charge is -2.36. The van der Waals surface area contributed by atoms with E-state index in [0.717, 1.165) is 0 Å². The summed E-state index contributed by atoms with van der Waals surface area (Å²) in [6.45, 7) is 9.00. The van der Waals surface area contributed by atoms with E-state index >= 15 is 0 Å². The lowest BCUT2D eigenvalue weighted by atomic mass is 9.70. The van der Waals surface area contributed by atoms with Crippen molar-refractivity contribution in [3.8, 4) is 0 Å². The zero-order valence-electron chi connectivity index (χ0n) is 26.8. The Balaban J connectivity index is 1.47. The molecule has 11 heteroatoms. The Morgan fingerprint density at radius 2 is 1.85 bits per heavy atom. The van der Waals surface area contributed by atoms with E-state index < -0.39 is 59.5 Å². The highest BCUT2D eigenvalue weighted by Gasteiger charge is 2.75. The molecule has 7 atom stereocenters. The van der Waals surface area contributed by atoms with Crippen LogP contribution < -0.4 is 4.90 Å². The first-order valence-electron chi connectivity index (χ1n) is 16.0. The van der Waals surface area contributed by atoms with Crippen LogP contribution in [-0.2, 0) is 28.7 Å². The lowest BCUT2D eigenvalue weighted by molar-refractivity contribution is -0.164. The predicted octanol–water partition coefficient (Wildman–Crippen LogP) is 4.32. The molecule has 0 saturated carbocycles. The van der Waals surface area contributed by atoms with E-state index in [-0.39, 0.29) is 32.0 Å². The molecule has 3 saturated heterocycles. The van der Waals surface area contributed by atoms with Crippen LogP contribution in [-0.4, -0.2) is 89.1 Å². The number of carbonyl (C=O) groups is 4. The van der Waals surface area contributed by atoms with E-state index in [4.69, 9.17) is 21.1 Å². The Morgan fingerprint density at radius 1 is 1.15 bits per heavy atom. The number of aliphatic hydroxyl groups is 1. The van der Waals surface area contributed by atoms with Crippen molar-refractivity contribution in [3.05, 3.63) is 90.5 Å². The maximum absolute atomic E-state index is 14.4. The average Bonchev–Trinajstić information content (AvgIpc) is 3.72. The third kappa shape index (κ3) is 6.34. The van der Waals surface area contributed by atoms with Crippen LogP contribution in [0, 0.1) is 11.8 Å². The number of aliphatic hydroxyl groups excluding tert-OH is 1. The van der Waals surface area contributed by atoms with Crippen LogP contribution in [0.15, 0.2) is 79.9 Å². The maximum Gasteiger partial charge on any atom is 0.313 e. The van der Waals surface area contributed by atoms with Gasteiger partial charge in [0.1, 0.15) is 17.7 Å². The maximum atomic E-state index is 14.4. The first-order chi connectivity index (χ1) is 22.6. The second-order valence-electron chi connectivity index (χ2n) is 12.4. The van der Waals surface area contributed by atoms with E-state index in [1.807, 2.05) is 37.3 Å². The standard InChI is InChI=1S/C36H42ClN3O7/c1-5-7-13-28(42)38(4)23(3)31(24-11-9-8-10-12-24)46-35(45)29-27-18-19-36(47-27)30(29)33(43)40(21-22-41)32(36)34(44)39(20-6-2)26-16-14-25(37)15-17-26/h5-6,8-12,14-17,23,27,29-32,41H,1-2,7,13,18-22H2,3-4H3/t23-,27+,29-,30-,31+,32+,36-/m0/s1. The van der Waals surface area contributed by atoms with Crippen LogP contribution in [0.5, 0.6) is 0 Å². The number of hydrogen-bond donors (Lipinski definition) is 1. The van der Waals surface area contributed by atoms with Crippen molar-refractivity contribution in [3.63, 3.8) is 0 Å². The Hall–Kier alpha value is -3.99. The summed E-state index contributed by atoms with van der Waals surface area (Å²) in [6.07, 6.45) is 3.44. The molecule has 1 spiro atoms. The number of hydrogen-bond acceptors (Lipinski definition) is 7. The summed E-state index contributed by atoms with van der Waals surface area (Å²) >= 11 is 6.11. The summed E-state index contributed by atoms with van der Waals surface area (Å²) in [4.78, 5) is 60.3. The number of likely N-dealkylation sites (tertiary alicyclic amines) is 1. The number of ether oxygens (including phenoxy) is 2. The van der Waals surface area contributed by atoms with E-state index in [0.29, 0.717) is 35.5 Å². The summed E-state index contributed by atoms with van der Waals surface area (Å²) in [6, 6.07) is 14.3. The highest BCUT2D eigenvalue weighted by Crippen LogP contribution is 2.59. The Bertz CT molecular complexity index is 1500. The van der Waals surface area contributed by atoms with Crippen LogP contribution in [0.2, 0.25) is 5.02 Å². The molecule has 1 N–H and O–H groups in total. The first kappa shape index (κ1) is 34.3. The number of allylic oxidation sites excluding steroid dienone is 1. The number of rotatable bonds is 14. The van der Waals surface area contributed by atoms with Crippen molar-refractivity contribution in [2.45, 2.75) is 62.5 Å². The van der Waals surface area contributed by atoms with E-state index in [1.54, 1.807) is 48.4 Å². The number of esters is 1. The van der Waals surface area contributed by atoms with Gasteiger partial charge in [-0.05, 0) is 56.0 Å². The van der Waals surface area contributed by atoms with E-state index in [9.17, 15) is 24.3 Å². The van der Waals surface area contributed by atoms with Crippen molar-refractivity contribution in [2.24, 2.45) is 11.8 Å². The first-order valence-corrected chi connectivity index (χ1v) is 16.4. The molecule has 10 nitrogen and oxygen atoms in total. The highest BCUT2D eigenvalue weighted by atomic mass is 35.5. The van der Waals surface area contributed by atoms with Gasteiger partial charge in [-0.2, -0.15) is 0 Å². The number of likely N-dealkylation sites (N-methyl/N-ethyl adjacent to an activating group) is 1. The minimum absolute atomic E-state index is 0.104. The van der Waals surface area contributed by atoms with Gasteiger partial charge < -0.3 is 29.3 Å². The molecule has 3 fully saturated rings. The Kier molecular flexibility index (Phi) is 10.5. The van der Waals surface area contributed by atoms with Gasteiger partial charge in [-0.1, -0.05) is 54.1 Å². The molecule has 0 radical (unpaired) electrons. The summed E-state index contributed by atoms with van der Waals surface area (Å²) in [7, 11) is 1.68. The van der Waals surface area contributed by atoms with Crippen molar-refractivity contribution in [2.75, 3.05) is 31.6 Å². The van der Waals surface area contributed by atoms with Gasteiger partial charge in [-0.3, -0.25) is 19.2 Å². The van der Waals surface area contributed by atoms with Gasteiger partial charge in [0.05, 0.1) is 30.6 Å². The molecular formula is C36H42ClN3O7. The summed E-state index contributed by atoms with van der Waals surface area (Å²) < 4.78 is 12.8. The van der Waals surface area contributed by atoms with Crippen LogP contribution in [0.1, 0.15) is 44.3 Å². The van der Waals surface area contributed by atoms with Crippen molar-refractivity contribution in [1.29, 1.82) is 0 Å². The van der Waals surface area contributed by atoms with Crippen LogP contribution >= 0.6 is 11.6 Å². The number of anilines is 1. The lowest BCUT2D eigenvalue weighted by Crippen LogP contribution is -2.56. The van der Waals surface area contributed by atoms with Gasteiger partial charge in [-0.25, -0.2) is 0 Å². The fraction of sp³-hybridized carbons (Fsp3) is 0.444. The minimum atomic E-state index is -1.28. The number of fused-ring (bicyclic) bond motifs is 1. The number of β-amino-alcohol motifs (C(OH)–C–C–N with tert-alkyl or cyclic N) is 1. The molecule has 5 rings (SSSR count). The fourth-order valence-electron chi connectivity index (χ4n) is 7.39. The molecule has 2 aromatic carbocycles. The quantitative estimate of drug-likeness (QED) is 0.236. The summed E-state index contributed by atoms with van der Waals surface area (Å²) in [5.74, 6) is -3.53. The molecule has 3 aliphatic rings. The van der Waals surface area contributed by atoms with Gasteiger partial charge in [0.25, 0.3) is 5.91 Å². The van der Waals surface area contributed by atoms with Crippen molar-refractivity contribution >= 4 is 41.0 Å². The monoisotopic (exact) mass is 663 g/mol. The third-order valence-corrected chi connectivity index (χ3v) is 9.99. The molecule has 250 valence electrons. The van der Waals surface area contributed by atoms with Gasteiger partial charge in [-0.15, -0.1) is 13.2 Å². The molecule has 0 aromatic heterocycles. The van der Waals surface area contributed by atoms with Gasteiger partial charge >= 0.3 is 5.97 Å². The van der Waals surface area contributed by atoms with Crippen LogP contribution in [0.25, 0.3) is 0 Å². The topological polar surface area (TPSA) is 117 Å². The van der Waals surface area contributed by atoms with Crippen LogP contribution in [0.4, 0.5) is 5.69 Å². The third-order valence-electron chi connectivity index (χ3n) is 9.74. The zero-order chi connectivity index (χ0) is 33.9. The molecule has 0 aliphatic carbocycles. The second-order valence-corrected chi connectivity index (χ2v) is 12.8. The van der Waals surface area contributed by atoms with Gasteiger partial charge in [0, 0.05) is 37.3 Å². The SMILES string of the molecule is C=CCCC(=O)N(C)[C@@H](C)[C@@H](OC(=O)[C@@H]1[C@H]2C(=O)N(CCO)[C@H](C(=O)N(CC=C)c3ccc(Cl)cc3)[C@]23CC[C@H]1O3)c1ccccc1. The van der Waals surface area contributed by atoms with E-state index in [2.05, 4.69) is 13.2 Å². The zero-order valence-corrected chi connectivity index (χ0v) is 27.6. The molecule has 3 amide bonds. The largest absolute Gasteiger partial charge is 0.455 e. The summed E-state index contributed by atoms with van der Waals surface area (Å²) in [5, 5.41) is 10.5. The molecule has 3 heterocycles. The van der Waals surface area contributed by atoms with Gasteiger partial charge in [0.2, 0.25) is 11.8 Å². The molecule has 2 aromatic rings. The molecule has 47 heavy (non-hydrogen) atoms. The Morgan fingerprint density at radius 3 is 2.49 bits per heavy atom. The Labute approximate surface area is 280 Å². The fourth-order valence-corrected chi connectivity index (χ4v) is 7.52. The number of carbonyl (C=O) groups excluding carboxylic acids is 4. The number of halogens is 1. The highest BCUT2D eigenvalue weighted by molar-refractivity contribution is 6.30. The minimum Gasteiger partial charge on any atom is -0.455 e. The normalized spacial score (nSPS) is 25.5. The molecule has 0 unspecified atom stereocenters. The molecular weight excluding hydrogens is 622 g/mol. The summed E-state index contributed by atoms with van der Waals surface area (Å²) in [5.41, 5.74) is -0.0220. The predicted molar refractivity (Wildman–Crippen MR) is 177 cm³/mol. The smallest absolute Gasteiger partial charge is 0.313 e. The number of nitrogens with zero attached hydrogens (tertiary/aromatic N) is 3. The number of amides is 3. The van der Waals surface area contributed by atoms with Crippen molar-refractivity contribution < 1.29 is 33.8 Å². The average molecular weight is 664 g/mol. The molecule has 3 aliphatic heterocycles. The molecule has 2 bridgehead atoms. The second kappa shape index (κ2) is 14.4. The van der Waals surface area contributed by atoms with E-state index in [1.165, 1.54) is 9.80 Å². The van der Waals surface area contributed by atoms with Crippen LogP contribution in [0.3, 0.4) is 0 Å². The van der Waals surface area contributed by atoms with Gasteiger partial charge in [0.15, 0.2) is 0 Å².